The molecular weight excluding hydrogens is 565 g/mol. The predicted octanol–water partition coefficient (Wildman–Crippen LogP) is 5.08. The summed E-state index contributed by atoms with van der Waals surface area (Å²) >= 11 is 12.3. The van der Waals surface area contributed by atoms with Crippen molar-refractivity contribution in [2.45, 2.75) is 58.0 Å². The second kappa shape index (κ2) is 14.4. The molecule has 41 heavy (non-hydrogen) atoms. The Hall–Kier alpha value is -2.81. The number of carbonyl (C=O) groups is 3. The van der Waals surface area contributed by atoms with E-state index in [1.165, 1.54) is 0 Å². The summed E-state index contributed by atoms with van der Waals surface area (Å²) in [6.07, 6.45) is 4.31. The molecule has 1 heterocycles. The number of ether oxygens (including phenoxy) is 2. The van der Waals surface area contributed by atoms with Gasteiger partial charge < -0.3 is 19.3 Å². The van der Waals surface area contributed by atoms with Crippen molar-refractivity contribution >= 4 is 46.7 Å². The number of likely N-dealkylation sites (tertiary alicyclic amines) is 1. The van der Waals surface area contributed by atoms with Crippen molar-refractivity contribution in [3.63, 3.8) is 0 Å². The molecule has 1 fully saturated rings. The Balaban J connectivity index is 1.68. The number of likely N-dealkylation sites (N-methyl/N-ethyl adjacent to an activating group) is 1. The van der Waals surface area contributed by atoms with E-state index < -0.39 is 11.9 Å². The molecule has 222 valence electrons. The maximum atomic E-state index is 13.7. The number of benzene rings is 2. The Bertz CT molecular complexity index is 1230. The third-order valence-electron chi connectivity index (χ3n) is 7.90. The van der Waals surface area contributed by atoms with Gasteiger partial charge in [0.2, 0.25) is 5.91 Å². The molecule has 8 nitrogen and oxygen atoms in total. The summed E-state index contributed by atoms with van der Waals surface area (Å²) in [7, 11) is 1.87. The van der Waals surface area contributed by atoms with Crippen LogP contribution in [0, 0.1) is 0 Å². The van der Waals surface area contributed by atoms with Gasteiger partial charge in [-0.05, 0) is 93.6 Å². The maximum absolute atomic E-state index is 13.7. The maximum Gasteiger partial charge on any atom is 0.325 e. The molecule has 10 heteroatoms. The summed E-state index contributed by atoms with van der Waals surface area (Å²) in [6.45, 7) is 5.84. The van der Waals surface area contributed by atoms with Gasteiger partial charge in [-0.3, -0.25) is 19.3 Å². The first kappa shape index (κ1) is 31.1. The lowest BCUT2D eigenvalue weighted by Gasteiger charge is -2.44. The van der Waals surface area contributed by atoms with Crippen molar-refractivity contribution in [2.24, 2.45) is 0 Å². The molecule has 1 saturated heterocycles. The summed E-state index contributed by atoms with van der Waals surface area (Å²) in [6, 6.07) is 11.3. The Kier molecular flexibility index (Phi) is 10.9. The standard InChI is InChI=1S/C31H39Cl2N3O5/c1-4-40-29(38)19-36(20-30(39)41-5-2)23-11-9-22-10-13-27(35-14-6-7-15-35)31(24(22)18-23)34(3)28(37)17-21-8-12-25(32)26(33)16-21/h8-9,11-12,16,18,27,31H,4-7,10,13-15,17,19-20H2,1-3H3. The number of carbonyl (C=O) groups excluding carboxylic acids is 3. The van der Waals surface area contributed by atoms with Crippen molar-refractivity contribution in [1.29, 1.82) is 0 Å². The van der Waals surface area contributed by atoms with E-state index in [-0.39, 0.29) is 50.7 Å². The Morgan fingerprint density at radius 3 is 2.20 bits per heavy atom. The van der Waals surface area contributed by atoms with Crippen LogP contribution in [0.25, 0.3) is 0 Å². The zero-order valence-corrected chi connectivity index (χ0v) is 25.5. The van der Waals surface area contributed by atoms with Gasteiger partial charge in [0.25, 0.3) is 0 Å². The van der Waals surface area contributed by atoms with Crippen LogP contribution in [-0.2, 0) is 36.7 Å². The number of anilines is 1. The fourth-order valence-corrected chi connectivity index (χ4v) is 6.26. The van der Waals surface area contributed by atoms with Crippen LogP contribution in [0.5, 0.6) is 0 Å². The van der Waals surface area contributed by atoms with Crippen LogP contribution in [0.3, 0.4) is 0 Å². The molecule has 0 bridgehead atoms. The zero-order chi connectivity index (χ0) is 29.5. The van der Waals surface area contributed by atoms with Gasteiger partial charge in [-0.25, -0.2) is 0 Å². The molecule has 0 spiro atoms. The SMILES string of the molecule is CCOC(=O)CN(CC(=O)OCC)c1ccc2c(c1)C(N(C)C(=O)Cc1ccc(Cl)c(Cl)c1)C(N1CCCC1)CC2. The number of halogens is 2. The molecule has 1 aliphatic heterocycles. The average Bonchev–Trinajstić information content (AvgIpc) is 3.48. The number of nitrogens with zero attached hydrogens (tertiary/aromatic N) is 3. The summed E-state index contributed by atoms with van der Waals surface area (Å²) in [4.78, 5) is 44.7. The second-order valence-corrected chi connectivity index (χ2v) is 11.4. The van der Waals surface area contributed by atoms with Gasteiger partial charge >= 0.3 is 11.9 Å². The Morgan fingerprint density at radius 1 is 0.927 bits per heavy atom. The van der Waals surface area contributed by atoms with Crippen molar-refractivity contribution in [3.8, 4) is 0 Å². The van der Waals surface area contributed by atoms with Crippen molar-refractivity contribution < 1.29 is 23.9 Å². The van der Waals surface area contributed by atoms with Crippen LogP contribution in [0.1, 0.15) is 55.8 Å². The third-order valence-corrected chi connectivity index (χ3v) is 8.64. The van der Waals surface area contributed by atoms with E-state index >= 15 is 0 Å². The van der Waals surface area contributed by atoms with Crippen LogP contribution in [0.15, 0.2) is 36.4 Å². The molecule has 0 radical (unpaired) electrons. The minimum Gasteiger partial charge on any atom is -0.465 e. The van der Waals surface area contributed by atoms with E-state index in [2.05, 4.69) is 11.0 Å². The normalized spacial score (nSPS) is 18.5. The number of hydrogen-bond acceptors (Lipinski definition) is 7. The molecule has 1 amide bonds. The van der Waals surface area contributed by atoms with Gasteiger partial charge in [-0.2, -0.15) is 0 Å². The van der Waals surface area contributed by atoms with Crippen LogP contribution >= 0.6 is 23.2 Å². The Morgan fingerprint density at radius 2 is 1.59 bits per heavy atom. The average molecular weight is 605 g/mol. The number of amides is 1. The molecule has 2 aliphatic rings. The number of rotatable bonds is 11. The lowest BCUT2D eigenvalue weighted by atomic mass is 9.82. The van der Waals surface area contributed by atoms with Gasteiger partial charge in [0.05, 0.1) is 35.7 Å². The fraction of sp³-hybridized carbons (Fsp3) is 0.516. The predicted molar refractivity (Wildman–Crippen MR) is 161 cm³/mol. The topological polar surface area (TPSA) is 79.4 Å². The summed E-state index contributed by atoms with van der Waals surface area (Å²) in [5.41, 5.74) is 3.71. The van der Waals surface area contributed by atoms with Crippen LogP contribution in [-0.4, -0.2) is 80.1 Å². The van der Waals surface area contributed by atoms with Crippen LogP contribution in [0.4, 0.5) is 5.69 Å². The van der Waals surface area contributed by atoms with E-state index in [1.54, 1.807) is 30.9 Å². The molecule has 1 aliphatic carbocycles. The molecule has 0 N–H and O–H groups in total. The van der Waals surface area contributed by atoms with Crippen molar-refractivity contribution in [3.05, 3.63) is 63.1 Å². The van der Waals surface area contributed by atoms with E-state index in [0.29, 0.717) is 15.7 Å². The van der Waals surface area contributed by atoms with E-state index in [4.69, 9.17) is 32.7 Å². The first-order valence-electron chi connectivity index (χ1n) is 14.3. The molecule has 0 saturated carbocycles. The first-order valence-corrected chi connectivity index (χ1v) is 15.1. The highest BCUT2D eigenvalue weighted by molar-refractivity contribution is 6.42. The summed E-state index contributed by atoms with van der Waals surface area (Å²) in [5.74, 6) is -0.865. The highest BCUT2D eigenvalue weighted by atomic mass is 35.5. The number of esters is 2. The second-order valence-electron chi connectivity index (χ2n) is 10.6. The van der Waals surface area contributed by atoms with E-state index in [0.717, 1.165) is 55.5 Å². The molecule has 2 atom stereocenters. The van der Waals surface area contributed by atoms with Gasteiger partial charge in [0, 0.05) is 18.8 Å². The van der Waals surface area contributed by atoms with E-state index in [9.17, 15) is 14.4 Å². The number of aryl methyl sites for hydroxylation is 1. The molecule has 2 aromatic carbocycles. The van der Waals surface area contributed by atoms with Gasteiger partial charge in [-0.15, -0.1) is 0 Å². The zero-order valence-electron chi connectivity index (χ0n) is 24.0. The van der Waals surface area contributed by atoms with Gasteiger partial charge in [0.1, 0.15) is 13.1 Å². The van der Waals surface area contributed by atoms with Crippen LogP contribution < -0.4 is 4.90 Å². The van der Waals surface area contributed by atoms with Gasteiger partial charge in [-0.1, -0.05) is 35.3 Å². The fourth-order valence-electron chi connectivity index (χ4n) is 5.94. The van der Waals surface area contributed by atoms with E-state index in [1.807, 2.05) is 30.1 Å². The molecule has 2 unspecified atom stereocenters. The van der Waals surface area contributed by atoms with Crippen molar-refractivity contribution in [1.82, 2.24) is 9.80 Å². The highest BCUT2D eigenvalue weighted by Crippen LogP contribution is 2.40. The summed E-state index contributed by atoms with van der Waals surface area (Å²) in [5, 5.41) is 0.875. The number of fused-ring (bicyclic) bond motifs is 1. The minimum atomic E-state index is -0.421. The summed E-state index contributed by atoms with van der Waals surface area (Å²) < 4.78 is 10.4. The minimum absolute atomic E-state index is 0.0225. The van der Waals surface area contributed by atoms with Gasteiger partial charge in [0.15, 0.2) is 0 Å². The lowest BCUT2D eigenvalue weighted by Crippen LogP contribution is -2.48. The molecule has 4 rings (SSSR count). The first-order chi connectivity index (χ1) is 19.7. The lowest BCUT2D eigenvalue weighted by molar-refractivity contribution is -0.142. The molecular formula is C31H39Cl2N3O5. The number of hydrogen-bond donors (Lipinski definition) is 0. The molecule has 2 aromatic rings. The quantitative estimate of drug-likeness (QED) is 0.331. The monoisotopic (exact) mass is 603 g/mol. The van der Waals surface area contributed by atoms with Crippen LogP contribution in [0.2, 0.25) is 10.0 Å². The molecule has 0 aromatic heterocycles. The third kappa shape index (κ3) is 7.73. The smallest absolute Gasteiger partial charge is 0.325 e. The highest BCUT2D eigenvalue weighted by Gasteiger charge is 2.39. The largest absolute Gasteiger partial charge is 0.465 e. The van der Waals surface area contributed by atoms with Crippen molar-refractivity contribution in [2.75, 3.05) is 51.3 Å². The Labute approximate surface area is 252 Å².